The summed E-state index contributed by atoms with van der Waals surface area (Å²) in [6.07, 6.45) is -1.29. The van der Waals surface area contributed by atoms with Crippen LogP contribution in [0, 0.1) is 23.0 Å². The highest BCUT2D eigenvalue weighted by molar-refractivity contribution is 5.22. The average Bonchev–Trinajstić information content (AvgIpc) is 2.28. The minimum atomic E-state index is -1.29. The lowest BCUT2D eigenvalue weighted by molar-refractivity contribution is 0.0984. The normalized spacial score (nSPS) is 12.8. The molecule has 0 aliphatic heterocycles. The van der Waals surface area contributed by atoms with Crippen molar-refractivity contribution >= 4 is 0 Å². The molecular formula is C13H16F2N2O. The van der Waals surface area contributed by atoms with Gasteiger partial charge in [0.15, 0.2) is 0 Å². The van der Waals surface area contributed by atoms with Crippen LogP contribution in [-0.2, 0) is 0 Å². The molecule has 0 fully saturated rings. The smallest absolute Gasteiger partial charge is 0.131 e. The lowest BCUT2D eigenvalue weighted by atomic mass is 10.1. The lowest BCUT2D eigenvalue weighted by Crippen LogP contribution is -2.35. The van der Waals surface area contributed by atoms with Crippen LogP contribution in [0.1, 0.15) is 25.5 Å². The first-order chi connectivity index (χ1) is 8.47. The summed E-state index contributed by atoms with van der Waals surface area (Å²) in [4.78, 5) is 1.65. The Labute approximate surface area is 105 Å². The molecule has 0 saturated heterocycles. The van der Waals surface area contributed by atoms with Gasteiger partial charge < -0.3 is 5.11 Å². The van der Waals surface area contributed by atoms with E-state index in [2.05, 4.69) is 0 Å². The average molecular weight is 254 g/mol. The fourth-order valence-corrected chi connectivity index (χ4v) is 1.69. The van der Waals surface area contributed by atoms with E-state index < -0.39 is 17.7 Å². The van der Waals surface area contributed by atoms with Gasteiger partial charge in [0.2, 0.25) is 0 Å². The summed E-state index contributed by atoms with van der Waals surface area (Å²) >= 11 is 0. The molecule has 1 aromatic rings. The Balaban J connectivity index is 2.87. The molecule has 1 unspecified atom stereocenters. The summed E-state index contributed by atoms with van der Waals surface area (Å²) in [6.45, 7) is 3.82. The van der Waals surface area contributed by atoms with Gasteiger partial charge in [0.1, 0.15) is 11.6 Å². The van der Waals surface area contributed by atoms with Gasteiger partial charge in [-0.1, -0.05) is 6.07 Å². The van der Waals surface area contributed by atoms with Gasteiger partial charge in [0.25, 0.3) is 0 Å². The van der Waals surface area contributed by atoms with Crippen molar-refractivity contribution in [1.29, 1.82) is 5.26 Å². The summed E-state index contributed by atoms with van der Waals surface area (Å²) < 4.78 is 26.9. The van der Waals surface area contributed by atoms with Crippen molar-refractivity contribution in [3.63, 3.8) is 0 Å². The fraction of sp³-hybridized carbons (Fsp3) is 0.462. The highest BCUT2D eigenvalue weighted by Crippen LogP contribution is 2.22. The number of nitrogens with zero attached hydrogens (tertiary/aromatic N) is 2. The van der Waals surface area contributed by atoms with Crippen LogP contribution in [0.3, 0.4) is 0 Å². The molecule has 1 N–H and O–H groups in total. The van der Waals surface area contributed by atoms with Crippen LogP contribution in [0.25, 0.3) is 0 Å². The highest BCUT2D eigenvalue weighted by Gasteiger charge is 2.21. The third-order valence-corrected chi connectivity index (χ3v) is 2.74. The van der Waals surface area contributed by atoms with Crippen LogP contribution in [0.15, 0.2) is 18.2 Å². The van der Waals surface area contributed by atoms with Gasteiger partial charge in [0.05, 0.1) is 24.3 Å². The first kappa shape index (κ1) is 14.6. The van der Waals surface area contributed by atoms with Crippen LogP contribution in [0.5, 0.6) is 0 Å². The van der Waals surface area contributed by atoms with Crippen molar-refractivity contribution in [3.8, 4) is 6.07 Å². The van der Waals surface area contributed by atoms with Gasteiger partial charge in [-0.15, -0.1) is 0 Å². The molecule has 0 amide bonds. The molecule has 0 spiro atoms. The minimum absolute atomic E-state index is 0.00846. The topological polar surface area (TPSA) is 47.3 Å². The van der Waals surface area contributed by atoms with Crippen molar-refractivity contribution in [2.45, 2.75) is 26.0 Å². The molecule has 0 bridgehead atoms. The van der Waals surface area contributed by atoms with Gasteiger partial charge >= 0.3 is 0 Å². The van der Waals surface area contributed by atoms with Crippen LogP contribution in [0.2, 0.25) is 0 Å². The first-order valence-corrected chi connectivity index (χ1v) is 5.70. The second kappa shape index (κ2) is 6.43. The zero-order chi connectivity index (χ0) is 13.7. The number of aliphatic hydroxyl groups is 1. The Bertz CT molecular complexity index is 423. The predicted octanol–water partition coefficient (Wildman–Crippen LogP) is 2.23. The Morgan fingerprint density at radius 2 is 1.89 bits per heavy atom. The molecule has 1 rings (SSSR count). The summed E-state index contributed by atoms with van der Waals surface area (Å²) in [5.41, 5.74) is -0.346. The fourth-order valence-electron chi connectivity index (χ4n) is 1.69. The zero-order valence-corrected chi connectivity index (χ0v) is 10.4. The molecular weight excluding hydrogens is 238 g/mol. The van der Waals surface area contributed by atoms with E-state index in [0.29, 0.717) is 0 Å². The van der Waals surface area contributed by atoms with Gasteiger partial charge in [-0.25, -0.2) is 8.78 Å². The van der Waals surface area contributed by atoms with E-state index in [1.165, 1.54) is 6.07 Å². The Morgan fingerprint density at radius 3 is 2.33 bits per heavy atom. The van der Waals surface area contributed by atoms with Gasteiger partial charge in [-0.3, -0.25) is 4.90 Å². The van der Waals surface area contributed by atoms with E-state index in [4.69, 9.17) is 5.26 Å². The number of halogens is 2. The molecule has 0 aliphatic rings. The van der Waals surface area contributed by atoms with Crippen molar-refractivity contribution in [2.75, 3.05) is 13.1 Å². The number of aliphatic hydroxyl groups excluding tert-OH is 1. The SMILES string of the molecule is CC(C)N(CC#N)CC(O)c1c(F)cccc1F. The van der Waals surface area contributed by atoms with Gasteiger partial charge in [-0.2, -0.15) is 5.26 Å². The van der Waals surface area contributed by atoms with Crippen LogP contribution in [0.4, 0.5) is 8.78 Å². The molecule has 0 heterocycles. The zero-order valence-electron chi connectivity index (χ0n) is 10.4. The number of hydrogen-bond acceptors (Lipinski definition) is 3. The van der Waals surface area contributed by atoms with Crippen molar-refractivity contribution in [2.24, 2.45) is 0 Å². The highest BCUT2D eigenvalue weighted by atomic mass is 19.1. The van der Waals surface area contributed by atoms with Crippen molar-refractivity contribution in [1.82, 2.24) is 4.90 Å². The summed E-state index contributed by atoms with van der Waals surface area (Å²) in [6, 6.07) is 5.42. The van der Waals surface area contributed by atoms with E-state index >= 15 is 0 Å². The maximum Gasteiger partial charge on any atom is 0.131 e. The number of benzene rings is 1. The summed E-state index contributed by atoms with van der Waals surface area (Å²) in [5, 5.41) is 18.6. The van der Waals surface area contributed by atoms with Crippen LogP contribution < -0.4 is 0 Å². The molecule has 1 aromatic carbocycles. The first-order valence-electron chi connectivity index (χ1n) is 5.70. The minimum Gasteiger partial charge on any atom is -0.387 e. The molecule has 0 saturated carbocycles. The lowest BCUT2D eigenvalue weighted by Gasteiger charge is -2.26. The number of nitriles is 1. The van der Waals surface area contributed by atoms with Gasteiger partial charge in [-0.05, 0) is 26.0 Å². The van der Waals surface area contributed by atoms with E-state index in [9.17, 15) is 13.9 Å². The third kappa shape index (κ3) is 3.49. The molecule has 0 aliphatic carbocycles. The van der Waals surface area contributed by atoms with E-state index in [1.54, 1.807) is 4.90 Å². The van der Waals surface area contributed by atoms with E-state index in [-0.39, 0.29) is 24.7 Å². The summed E-state index contributed by atoms with van der Waals surface area (Å²) in [5.74, 6) is -1.55. The van der Waals surface area contributed by atoms with Crippen molar-refractivity contribution < 1.29 is 13.9 Å². The van der Waals surface area contributed by atoms with Crippen molar-refractivity contribution in [3.05, 3.63) is 35.4 Å². The largest absolute Gasteiger partial charge is 0.387 e. The Kier molecular flexibility index (Phi) is 5.20. The molecule has 18 heavy (non-hydrogen) atoms. The second-order valence-electron chi connectivity index (χ2n) is 4.33. The third-order valence-electron chi connectivity index (χ3n) is 2.74. The summed E-state index contributed by atoms with van der Waals surface area (Å²) in [7, 11) is 0. The maximum atomic E-state index is 13.5. The van der Waals surface area contributed by atoms with Crippen LogP contribution in [-0.4, -0.2) is 29.1 Å². The predicted molar refractivity (Wildman–Crippen MR) is 63.6 cm³/mol. The standard InChI is InChI=1S/C13H16F2N2O/c1-9(2)17(7-6-16)8-12(18)13-10(14)4-3-5-11(13)15/h3-5,9,12,18H,7-8H2,1-2H3. The van der Waals surface area contributed by atoms with E-state index in [1.807, 2.05) is 19.9 Å². The molecule has 98 valence electrons. The Hall–Kier alpha value is -1.51. The molecule has 1 atom stereocenters. The molecule has 0 aromatic heterocycles. The van der Waals surface area contributed by atoms with Crippen LogP contribution >= 0.6 is 0 Å². The quantitative estimate of drug-likeness (QED) is 0.820. The maximum absolute atomic E-state index is 13.5. The second-order valence-corrected chi connectivity index (χ2v) is 4.33. The molecule has 0 radical (unpaired) electrons. The van der Waals surface area contributed by atoms with Gasteiger partial charge in [0, 0.05) is 12.6 Å². The van der Waals surface area contributed by atoms with E-state index in [0.717, 1.165) is 12.1 Å². The monoisotopic (exact) mass is 254 g/mol. The number of hydrogen-bond donors (Lipinski definition) is 1. The Morgan fingerprint density at radius 1 is 1.33 bits per heavy atom. The molecule has 5 heteroatoms. The number of rotatable bonds is 5. The molecule has 3 nitrogen and oxygen atoms in total.